The zero-order valence-corrected chi connectivity index (χ0v) is 11.7. The van der Waals surface area contributed by atoms with Crippen molar-refractivity contribution >= 4 is 11.8 Å². The number of rotatable bonds is 3. The molecule has 0 aromatic heterocycles. The predicted octanol–water partition coefficient (Wildman–Crippen LogP) is 3.38. The molecule has 1 aromatic carbocycles. The molecule has 1 N–H and O–H groups in total. The van der Waals surface area contributed by atoms with Crippen LogP contribution in [-0.2, 0) is 4.74 Å². The van der Waals surface area contributed by atoms with Crippen molar-refractivity contribution in [2.24, 2.45) is 0 Å². The highest BCUT2D eigenvalue weighted by Gasteiger charge is 2.28. The summed E-state index contributed by atoms with van der Waals surface area (Å²) in [7, 11) is 1.83. The van der Waals surface area contributed by atoms with Crippen molar-refractivity contribution in [1.29, 1.82) is 0 Å². The van der Waals surface area contributed by atoms with Crippen molar-refractivity contribution in [3.05, 3.63) is 29.8 Å². The Morgan fingerprint density at radius 2 is 2.11 bits per heavy atom. The second kappa shape index (κ2) is 5.64. The van der Waals surface area contributed by atoms with Crippen LogP contribution in [0.25, 0.3) is 0 Å². The van der Waals surface area contributed by atoms with Gasteiger partial charge in [-0.05, 0) is 43.1 Å². The van der Waals surface area contributed by atoms with E-state index < -0.39 is 0 Å². The molecule has 0 bridgehead atoms. The zero-order valence-electron chi connectivity index (χ0n) is 10.9. The quantitative estimate of drug-likeness (QED) is 0.903. The van der Waals surface area contributed by atoms with Crippen molar-refractivity contribution in [3.63, 3.8) is 0 Å². The zero-order chi connectivity index (χ0) is 12.4. The lowest BCUT2D eigenvalue weighted by Crippen LogP contribution is -2.33. The molecule has 98 valence electrons. The third-order valence-electron chi connectivity index (χ3n) is 4.11. The Labute approximate surface area is 113 Å². The minimum absolute atomic E-state index is 0.468. The summed E-state index contributed by atoms with van der Waals surface area (Å²) >= 11 is 1.99. The van der Waals surface area contributed by atoms with Crippen LogP contribution in [0.5, 0.6) is 0 Å². The molecule has 0 spiro atoms. The summed E-state index contributed by atoms with van der Waals surface area (Å²) in [6, 6.07) is 10.0. The predicted molar refractivity (Wildman–Crippen MR) is 76.1 cm³/mol. The topological polar surface area (TPSA) is 21.3 Å². The van der Waals surface area contributed by atoms with Crippen molar-refractivity contribution in [1.82, 2.24) is 5.32 Å². The van der Waals surface area contributed by atoms with Crippen molar-refractivity contribution in [2.75, 3.05) is 12.9 Å². The van der Waals surface area contributed by atoms with E-state index in [0.29, 0.717) is 18.2 Å². The van der Waals surface area contributed by atoms with Crippen molar-refractivity contribution in [2.45, 2.75) is 48.8 Å². The second-order valence-corrected chi connectivity index (χ2v) is 6.40. The summed E-state index contributed by atoms with van der Waals surface area (Å²) in [6.07, 6.45) is 5.34. The molecular formula is C15H21NOS. The van der Waals surface area contributed by atoms with Gasteiger partial charge in [0.25, 0.3) is 0 Å². The molecule has 3 rings (SSSR count). The number of benzene rings is 1. The monoisotopic (exact) mass is 263 g/mol. The van der Waals surface area contributed by atoms with Gasteiger partial charge in [0.15, 0.2) is 0 Å². The molecule has 3 atom stereocenters. The summed E-state index contributed by atoms with van der Waals surface area (Å²) in [5.41, 5.74) is 1.50. The van der Waals surface area contributed by atoms with Gasteiger partial charge in [0.05, 0.1) is 6.10 Å². The van der Waals surface area contributed by atoms with Gasteiger partial charge in [-0.15, -0.1) is 11.8 Å². The highest BCUT2D eigenvalue weighted by molar-refractivity contribution is 7.99. The molecule has 0 radical (unpaired) electrons. The van der Waals surface area contributed by atoms with E-state index in [-0.39, 0.29) is 0 Å². The van der Waals surface area contributed by atoms with E-state index in [1.54, 1.807) is 0 Å². The van der Waals surface area contributed by atoms with E-state index in [2.05, 4.69) is 29.6 Å². The van der Waals surface area contributed by atoms with Crippen LogP contribution in [0.1, 0.15) is 37.3 Å². The molecule has 1 heterocycles. The van der Waals surface area contributed by atoms with E-state index in [1.165, 1.54) is 41.9 Å². The van der Waals surface area contributed by atoms with Crippen molar-refractivity contribution < 1.29 is 4.74 Å². The van der Waals surface area contributed by atoms with Crippen LogP contribution in [-0.4, -0.2) is 25.0 Å². The van der Waals surface area contributed by atoms with E-state index in [4.69, 9.17) is 4.74 Å². The smallest absolute Gasteiger partial charge is 0.0586 e. The minimum Gasteiger partial charge on any atom is -0.381 e. The fraction of sp³-hybridized carbons (Fsp3) is 0.600. The van der Waals surface area contributed by atoms with E-state index in [1.807, 2.05) is 18.9 Å². The third-order valence-corrected chi connectivity index (χ3v) is 5.24. The van der Waals surface area contributed by atoms with Crippen LogP contribution >= 0.6 is 11.8 Å². The lowest BCUT2D eigenvalue weighted by atomic mass is 10.0. The maximum atomic E-state index is 5.46. The van der Waals surface area contributed by atoms with Crippen LogP contribution in [0.2, 0.25) is 0 Å². The third kappa shape index (κ3) is 2.58. The Morgan fingerprint density at radius 1 is 1.22 bits per heavy atom. The van der Waals surface area contributed by atoms with Gasteiger partial charge < -0.3 is 10.1 Å². The molecule has 3 heteroatoms. The molecular weight excluding hydrogens is 242 g/mol. The molecule has 1 aromatic rings. The molecule has 0 saturated heterocycles. The normalized spacial score (nSPS) is 31.3. The first-order chi connectivity index (χ1) is 8.86. The van der Waals surface area contributed by atoms with Gasteiger partial charge in [-0.25, -0.2) is 0 Å². The van der Waals surface area contributed by atoms with Gasteiger partial charge in [0.1, 0.15) is 0 Å². The van der Waals surface area contributed by atoms with Crippen molar-refractivity contribution in [3.8, 4) is 0 Å². The molecule has 18 heavy (non-hydrogen) atoms. The number of hydrogen-bond donors (Lipinski definition) is 1. The average Bonchev–Trinajstić information content (AvgIpc) is 2.87. The van der Waals surface area contributed by atoms with E-state index in [9.17, 15) is 0 Å². The molecule has 1 saturated carbocycles. The molecule has 2 nitrogen and oxygen atoms in total. The van der Waals surface area contributed by atoms with Gasteiger partial charge >= 0.3 is 0 Å². The van der Waals surface area contributed by atoms with Crippen LogP contribution in [0.4, 0.5) is 0 Å². The lowest BCUT2D eigenvalue weighted by Gasteiger charge is -2.28. The molecule has 2 aliphatic rings. The summed E-state index contributed by atoms with van der Waals surface area (Å²) in [5.74, 6) is 1.23. The first-order valence-corrected chi connectivity index (χ1v) is 7.86. The summed E-state index contributed by atoms with van der Waals surface area (Å²) < 4.78 is 5.46. The van der Waals surface area contributed by atoms with Gasteiger partial charge in [0.2, 0.25) is 0 Å². The fourth-order valence-electron chi connectivity index (χ4n) is 3.11. The minimum atomic E-state index is 0.468. The first-order valence-electron chi connectivity index (χ1n) is 6.87. The Morgan fingerprint density at radius 3 is 2.94 bits per heavy atom. The van der Waals surface area contributed by atoms with Crippen LogP contribution in [0, 0.1) is 0 Å². The highest BCUT2D eigenvalue weighted by atomic mass is 32.2. The molecule has 1 aliphatic carbocycles. The van der Waals surface area contributed by atoms with Gasteiger partial charge in [-0.2, -0.15) is 0 Å². The SMILES string of the molecule is COC1CCC(NC2CCSc3ccccc32)C1. The second-order valence-electron chi connectivity index (χ2n) is 5.26. The van der Waals surface area contributed by atoms with Gasteiger partial charge in [0, 0.05) is 24.1 Å². The van der Waals surface area contributed by atoms with Gasteiger partial charge in [-0.1, -0.05) is 18.2 Å². The van der Waals surface area contributed by atoms with E-state index >= 15 is 0 Å². The maximum absolute atomic E-state index is 5.46. The lowest BCUT2D eigenvalue weighted by molar-refractivity contribution is 0.106. The standard InChI is InChI=1S/C15H21NOS/c1-17-12-7-6-11(10-12)16-14-8-9-18-15-5-3-2-4-13(14)15/h2-5,11-12,14,16H,6-10H2,1H3. The molecule has 3 unspecified atom stereocenters. The number of thioether (sulfide) groups is 1. The fourth-order valence-corrected chi connectivity index (χ4v) is 4.23. The number of ether oxygens (including phenoxy) is 1. The van der Waals surface area contributed by atoms with E-state index in [0.717, 1.165) is 0 Å². The molecule has 0 amide bonds. The average molecular weight is 263 g/mol. The Kier molecular flexibility index (Phi) is 3.92. The van der Waals surface area contributed by atoms with Crippen LogP contribution in [0.15, 0.2) is 29.2 Å². The van der Waals surface area contributed by atoms with Gasteiger partial charge in [-0.3, -0.25) is 0 Å². The number of fused-ring (bicyclic) bond motifs is 1. The number of nitrogens with one attached hydrogen (secondary N) is 1. The summed E-state index contributed by atoms with van der Waals surface area (Å²) in [6.45, 7) is 0. The Hall–Kier alpha value is -0.510. The maximum Gasteiger partial charge on any atom is 0.0586 e. The molecule has 1 fully saturated rings. The number of hydrogen-bond acceptors (Lipinski definition) is 3. The number of methoxy groups -OCH3 is 1. The molecule has 1 aliphatic heterocycles. The Balaban J connectivity index is 1.67. The summed E-state index contributed by atoms with van der Waals surface area (Å²) in [5, 5.41) is 3.84. The Bertz CT molecular complexity index is 409. The van der Waals surface area contributed by atoms with Crippen LogP contribution < -0.4 is 5.32 Å². The first kappa shape index (κ1) is 12.5. The highest BCUT2D eigenvalue weighted by Crippen LogP contribution is 2.37. The van der Waals surface area contributed by atoms with Crippen LogP contribution in [0.3, 0.4) is 0 Å². The largest absolute Gasteiger partial charge is 0.381 e. The summed E-state index contributed by atoms with van der Waals surface area (Å²) in [4.78, 5) is 1.46.